The molecule has 1 aromatic rings. The molecule has 1 N–H and O–H groups in total. The van der Waals surface area contributed by atoms with Crippen molar-refractivity contribution in [3.8, 4) is 5.88 Å². The van der Waals surface area contributed by atoms with Crippen LogP contribution in [0.1, 0.15) is 20.3 Å². The highest BCUT2D eigenvalue weighted by Gasteiger charge is 2.26. The number of carbonyl (C=O) groups is 1. The summed E-state index contributed by atoms with van der Waals surface area (Å²) in [5.74, 6) is 1.21. The minimum atomic E-state index is -1.01. The van der Waals surface area contributed by atoms with Crippen LogP contribution in [-0.2, 0) is 4.79 Å². The highest BCUT2D eigenvalue weighted by atomic mass is 32.1. The molecule has 1 fully saturated rings. The standard InChI is InChI=1S/C11H17N3O3S/c1-7-3-8(2)5-14(4-7)10-11(13-18-12-10)17-6-9(15)16/h7-8H,3-6H2,1-2H3,(H,15,16)/t7-,8-/m1/s1. The van der Waals surface area contributed by atoms with Gasteiger partial charge in [-0.05, 0) is 18.3 Å². The molecule has 0 aliphatic carbocycles. The lowest BCUT2D eigenvalue weighted by Crippen LogP contribution is -2.39. The monoisotopic (exact) mass is 271 g/mol. The molecule has 0 bridgehead atoms. The number of hydrogen-bond donors (Lipinski definition) is 1. The molecule has 0 saturated carbocycles. The molecule has 0 radical (unpaired) electrons. The number of ether oxygens (including phenoxy) is 1. The molecule has 1 saturated heterocycles. The third-order valence-corrected chi connectivity index (χ3v) is 3.45. The molecule has 6 nitrogen and oxygen atoms in total. The van der Waals surface area contributed by atoms with Crippen LogP contribution >= 0.6 is 11.7 Å². The summed E-state index contributed by atoms with van der Waals surface area (Å²) in [7, 11) is 0. The van der Waals surface area contributed by atoms with E-state index in [0.717, 1.165) is 24.8 Å². The first-order valence-corrected chi connectivity index (χ1v) is 6.71. The van der Waals surface area contributed by atoms with Gasteiger partial charge in [-0.2, -0.15) is 4.37 Å². The van der Waals surface area contributed by atoms with Crippen molar-refractivity contribution in [1.29, 1.82) is 0 Å². The van der Waals surface area contributed by atoms with Crippen molar-refractivity contribution >= 4 is 23.5 Å². The summed E-state index contributed by atoms with van der Waals surface area (Å²) in [6.07, 6.45) is 1.21. The highest BCUT2D eigenvalue weighted by Crippen LogP contribution is 2.31. The molecule has 1 aromatic heterocycles. The molecule has 1 aliphatic heterocycles. The van der Waals surface area contributed by atoms with E-state index in [1.165, 1.54) is 6.42 Å². The molecule has 0 aromatic carbocycles. The molecule has 7 heteroatoms. The Bertz CT molecular complexity index is 413. The second-order valence-corrected chi connectivity index (χ2v) is 5.45. The Morgan fingerprint density at radius 1 is 1.44 bits per heavy atom. The van der Waals surface area contributed by atoms with E-state index in [9.17, 15) is 4.79 Å². The number of carboxylic acids is 1. The number of piperidine rings is 1. The van der Waals surface area contributed by atoms with Gasteiger partial charge in [-0.25, -0.2) is 4.79 Å². The van der Waals surface area contributed by atoms with Gasteiger partial charge in [0.2, 0.25) is 5.82 Å². The number of nitrogens with zero attached hydrogens (tertiary/aromatic N) is 3. The Labute approximate surface area is 110 Å². The van der Waals surface area contributed by atoms with E-state index in [4.69, 9.17) is 9.84 Å². The minimum Gasteiger partial charge on any atom is -0.479 e. The molecule has 0 spiro atoms. The summed E-state index contributed by atoms with van der Waals surface area (Å²) in [4.78, 5) is 12.6. The molecule has 18 heavy (non-hydrogen) atoms. The van der Waals surface area contributed by atoms with Crippen LogP contribution in [0, 0.1) is 11.8 Å². The van der Waals surface area contributed by atoms with Gasteiger partial charge in [0, 0.05) is 13.1 Å². The average Bonchev–Trinajstić information content (AvgIpc) is 2.72. The van der Waals surface area contributed by atoms with Crippen molar-refractivity contribution in [2.75, 3.05) is 24.6 Å². The lowest BCUT2D eigenvalue weighted by Gasteiger charge is -2.35. The first-order valence-electron chi connectivity index (χ1n) is 5.98. The van der Waals surface area contributed by atoms with E-state index < -0.39 is 5.97 Å². The molecule has 1 aliphatic rings. The topological polar surface area (TPSA) is 75.5 Å². The van der Waals surface area contributed by atoms with Gasteiger partial charge in [-0.15, -0.1) is 4.37 Å². The van der Waals surface area contributed by atoms with Crippen molar-refractivity contribution in [1.82, 2.24) is 8.75 Å². The Hall–Kier alpha value is -1.37. The molecule has 2 heterocycles. The molecular formula is C11H17N3O3S. The van der Waals surface area contributed by atoms with Gasteiger partial charge in [-0.1, -0.05) is 13.8 Å². The van der Waals surface area contributed by atoms with Gasteiger partial charge in [0.1, 0.15) is 0 Å². The van der Waals surface area contributed by atoms with Gasteiger partial charge < -0.3 is 14.7 Å². The number of aliphatic carboxylic acids is 1. The van der Waals surface area contributed by atoms with Crippen molar-refractivity contribution < 1.29 is 14.6 Å². The van der Waals surface area contributed by atoms with Gasteiger partial charge in [0.25, 0.3) is 5.88 Å². The first-order chi connectivity index (χ1) is 8.56. The Kier molecular flexibility index (Phi) is 4.00. The second kappa shape index (κ2) is 5.51. The van der Waals surface area contributed by atoms with E-state index in [1.54, 1.807) is 0 Å². The first kappa shape index (κ1) is 13.1. The lowest BCUT2D eigenvalue weighted by molar-refractivity contribution is -0.139. The van der Waals surface area contributed by atoms with Crippen LogP contribution in [0.3, 0.4) is 0 Å². The van der Waals surface area contributed by atoms with E-state index in [2.05, 4.69) is 27.5 Å². The molecule has 2 rings (SSSR count). The zero-order valence-corrected chi connectivity index (χ0v) is 11.3. The van der Waals surface area contributed by atoms with Gasteiger partial charge in [0.15, 0.2) is 6.61 Å². The van der Waals surface area contributed by atoms with E-state index in [-0.39, 0.29) is 6.61 Å². The summed E-state index contributed by atoms with van der Waals surface area (Å²) < 4.78 is 13.4. The fraction of sp³-hybridized carbons (Fsp3) is 0.727. The summed E-state index contributed by atoms with van der Waals surface area (Å²) in [5.41, 5.74) is 0. The number of rotatable bonds is 4. The van der Waals surface area contributed by atoms with Crippen LogP contribution in [0.25, 0.3) is 0 Å². The van der Waals surface area contributed by atoms with Crippen LogP contribution in [-0.4, -0.2) is 39.5 Å². The Morgan fingerprint density at radius 2 is 2.11 bits per heavy atom. The molecule has 2 atom stereocenters. The number of hydrogen-bond acceptors (Lipinski definition) is 6. The average molecular weight is 271 g/mol. The van der Waals surface area contributed by atoms with Gasteiger partial charge >= 0.3 is 5.97 Å². The highest BCUT2D eigenvalue weighted by molar-refractivity contribution is 6.99. The summed E-state index contributed by atoms with van der Waals surface area (Å²) in [6, 6.07) is 0. The normalized spacial score (nSPS) is 24.0. The lowest BCUT2D eigenvalue weighted by atomic mass is 9.92. The maximum Gasteiger partial charge on any atom is 0.341 e. The van der Waals surface area contributed by atoms with Gasteiger partial charge in [0.05, 0.1) is 11.7 Å². The summed E-state index contributed by atoms with van der Waals surface area (Å²) in [6.45, 7) is 5.87. The van der Waals surface area contributed by atoms with E-state index in [0.29, 0.717) is 23.5 Å². The van der Waals surface area contributed by atoms with Crippen molar-refractivity contribution in [3.05, 3.63) is 0 Å². The zero-order valence-electron chi connectivity index (χ0n) is 10.5. The summed E-state index contributed by atoms with van der Waals surface area (Å²) in [5, 5.41) is 8.61. The largest absolute Gasteiger partial charge is 0.479 e. The van der Waals surface area contributed by atoms with Crippen molar-refractivity contribution in [2.24, 2.45) is 11.8 Å². The minimum absolute atomic E-state index is 0.337. The molecule has 0 amide bonds. The molecular weight excluding hydrogens is 254 g/mol. The van der Waals surface area contributed by atoms with Crippen LogP contribution < -0.4 is 9.64 Å². The third kappa shape index (κ3) is 3.10. The molecule has 0 unspecified atom stereocenters. The van der Waals surface area contributed by atoms with Crippen molar-refractivity contribution in [3.63, 3.8) is 0 Å². The maximum atomic E-state index is 10.5. The molecule has 100 valence electrons. The van der Waals surface area contributed by atoms with Crippen LogP contribution in [0.15, 0.2) is 0 Å². The number of anilines is 1. The van der Waals surface area contributed by atoms with Crippen molar-refractivity contribution in [2.45, 2.75) is 20.3 Å². The Morgan fingerprint density at radius 3 is 2.72 bits per heavy atom. The number of aromatic nitrogens is 2. The smallest absolute Gasteiger partial charge is 0.341 e. The zero-order chi connectivity index (χ0) is 13.1. The maximum absolute atomic E-state index is 10.5. The van der Waals surface area contributed by atoms with Gasteiger partial charge in [-0.3, -0.25) is 0 Å². The van der Waals surface area contributed by atoms with E-state index >= 15 is 0 Å². The predicted octanol–water partition coefficient (Wildman–Crippen LogP) is 1.48. The number of carboxylic acid groups (broad SMARTS) is 1. The van der Waals surface area contributed by atoms with Crippen LogP contribution in [0.2, 0.25) is 0 Å². The SMILES string of the molecule is C[C@@H]1C[C@@H](C)CN(c2nsnc2OCC(=O)O)C1. The second-order valence-electron chi connectivity index (χ2n) is 4.93. The quantitative estimate of drug-likeness (QED) is 0.894. The summed E-state index contributed by atoms with van der Waals surface area (Å²) >= 11 is 1.05. The predicted molar refractivity (Wildman–Crippen MR) is 68.2 cm³/mol. The van der Waals surface area contributed by atoms with E-state index in [1.807, 2.05) is 0 Å². The fourth-order valence-electron chi connectivity index (χ4n) is 2.43. The Balaban J connectivity index is 2.08. The van der Waals surface area contributed by atoms with Crippen LogP contribution in [0.5, 0.6) is 5.88 Å². The van der Waals surface area contributed by atoms with Crippen LogP contribution in [0.4, 0.5) is 5.82 Å². The fourth-order valence-corrected chi connectivity index (χ4v) is 2.95. The third-order valence-electron chi connectivity index (χ3n) is 2.94.